The Morgan fingerprint density at radius 1 is 0.944 bits per heavy atom. The van der Waals surface area contributed by atoms with E-state index in [0.29, 0.717) is 31.5 Å². The molecular formula is C28H35N3O5. The number of likely N-dealkylation sites (tertiary alicyclic amines) is 1. The van der Waals surface area contributed by atoms with Crippen molar-refractivity contribution in [1.82, 2.24) is 9.80 Å². The van der Waals surface area contributed by atoms with E-state index >= 15 is 0 Å². The molecule has 2 atom stereocenters. The molecule has 0 aliphatic carbocycles. The molecule has 1 N–H and O–H groups in total. The fourth-order valence-electron chi connectivity index (χ4n) is 4.88. The van der Waals surface area contributed by atoms with Crippen LogP contribution in [-0.2, 0) is 25.6 Å². The van der Waals surface area contributed by atoms with E-state index in [1.54, 1.807) is 17.0 Å². The van der Waals surface area contributed by atoms with Gasteiger partial charge in [0.15, 0.2) is 6.61 Å². The van der Waals surface area contributed by atoms with E-state index < -0.39 is 5.97 Å². The van der Waals surface area contributed by atoms with Gasteiger partial charge in [-0.1, -0.05) is 30.3 Å². The Bertz CT molecular complexity index is 1020. The lowest BCUT2D eigenvalue weighted by atomic mass is 9.95. The Balaban J connectivity index is 1.18. The number of anilines is 1. The maximum absolute atomic E-state index is 12.6. The second-order valence-electron chi connectivity index (χ2n) is 9.73. The van der Waals surface area contributed by atoms with Crippen LogP contribution in [0.15, 0.2) is 54.6 Å². The quantitative estimate of drug-likeness (QED) is 0.596. The highest BCUT2D eigenvalue weighted by atomic mass is 16.5. The van der Waals surface area contributed by atoms with E-state index in [0.717, 1.165) is 30.9 Å². The third-order valence-electron chi connectivity index (χ3n) is 6.68. The molecule has 0 spiro atoms. The minimum Gasteiger partial charge on any atom is -0.452 e. The van der Waals surface area contributed by atoms with Gasteiger partial charge in [0.25, 0.3) is 5.91 Å². The third kappa shape index (κ3) is 7.15. The molecule has 2 amide bonds. The second kappa shape index (κ2) is 12.1. The first-order valence-electron chi connectivity index (χ1n) is 12.6. The molecule has 2 aliphatic rings. The molecule has 2 aromatic rings. The van der Waals surface area contributed by atoms with Gasteiger partial charge in [0.05, 0.1) is 17.8 Å². The van der Waals surface area contributed by atoms with Crippen LogP contribution in [0.4, 0.5) is 5.69 Å². The highest BCUT2D eigenvalue weighted by Gasteiger charge is 2.28. The predicted molar refractivity (Wildman–Crippen MR) is 136 cm³/mol. The molecule has 8 heteroatoms. The number of amides is 2. The molecule has 192 valence electrons. The van der Waals surface area contributed by atoms with Crippen LogP contribution in [0.1, 0.15) is 42.6 Å². The lowest BCUT2D eigenvalue weighted by Crippen LogP contribution is -2.44. The van der Waals surface area contributed by atoms with Crippen molar-refractivity contribution in [2.75, 3.05) is 38.1 Å². The predicted octanol–water partition coefficient (Wildman–Crippen LogP) is 3.33. The summed E-state index contributed by atoms with van der Waals surface area (Å²) in [6.07, 6.45) is 1.58. The highest BCUT2D eigenvalue weighted by molar-refractivity contribution is 5.93. The standard InChI is InChI=1S/C28H35N3O5/c1-20-16-30(17-21(2)36-20)18-22-8-10-24(11-9-22)28(34)35-19-26(32)31-14-12-23(13-15-31)27(33)29-25-6-4-3-5-7-25/h3-11,20-21,23H,12-19H2,1-2H3,(H,29,33). The number of hydrogen-bond acceptors (Lipinski definition) is 6. The maximum Gasteiger partial charge on any atom is 0.338 e. The third-order valence-corrected chi connectivity index (χ3v) is 6.68. The average Bonchev–Trinajstić information content (AvgIpc) is 2.87. The molecule has 0 bridgehead atoms. The van der Waals surface area contributed by atoms with Crippen molar-refractivity contribution in [3.05, 3.63) is 65.7 Å². The first-order valence-corrected chi connectivity index (χ1v) is 12.6. The number of nitrogens with one attached hydrogen (secondary N) is 1. The van der Waals surface area contributed by atoms with Gasteiger partial charge in [-0.05, 0) is 56.5 Å². The van der Waals surface area contributed by atoms with E-state index in [9.17, 15) is 14.4 Å². The Morgan fingerprint density at radius 3 is 2.22 bits per heavy atom. The Hall–Kier alpha value is -3.23. The molecule has 2 heterocycles. The molecule has 2 saturated heterocycles. The zero-order chi connectivity index (χ0) is 25.5. The Kier molecular flexibility index (Phi) is 8.72. The molecule has 36 heavy (non-hydrogen) atoms. The molecule has 2 fully saturated rings. The summed E-state index contributed by atoms with van der Waals surface area (Å²) in [6.45, 7) is 7.35. The van der Waals surface area contributed by atoms with Gasteiger partial charge in [-0.3, -0.25) is 14.5 Å². The number of hydrogen-bond donors (Lipinski definition) is 1. The fraction of sp³-hybridized carbons (Fsp3) is 0.464. The largest absolute Gasteiger partial charge is 0.452 e. The summed E-state index contributed by atoms with van der Waals surface area (Å²) < 4.78 is 11.1. The summed E-state index contributed by atoms with van der Waals surface area (Å²) in [6, 6.07) is 16.7. The number of para-hydroxylation sites is 1. The SMILES string of the molecule is CC1CN(Cc2ccc(C(=O)OCC(=O)N3CCC(C(=O)Nc4ccccc4)CC3)cc2)CC(C)O1. The van der Waals surface area contributed by atoms with E-state index in [4.69, 9.17) is 9.47 Å². The number of morpholine rings is 1. The van der Waals surface area contributed by atoms with Crippen LogP contribution in [0.3, 0.4) is 0 Å². The van der Waals surface area contributed by atoms with Gasteiger partial charge >= 0.3 is 5.97 Å². The first kappa shape index (κ1) is 25.9. The normalized spacial score (nSPS) is 21.1. The van der Waals surface area contributed by atoms with Crippen molar-refractivity contribution >= 4 is 23.5 Å². The van der Waals surface area contributed by atoms with Crippen molar-refractivity contribution in [2.24, 2.45) is 5.92 Å². The van der Waals surface area contributed by atoms with E-state index in [-0.39, 0.29) is 36.5 Å². The minimum atomic E-state index is -0.513. The van der Waals surface area contributed by atoms with E-state index in [1.807, 2.05) is 42.5 Å². The van der Waals surface area contributed by atoms with Crippen LogP contribution < -0.4 is 5.32 Å². The monoisotopic (exact) mass is 493 g/mol. The molecule has 2 unspecified atom stereocenters. The van der Waals surface area contributed by atoms with Crippen LogP contribution >= 0.6 is 0 Å². The zero-order valence-corrected chi connectivity index (χ0v) is 21.0. The van der Waals surface area contributed by atoms with Crippen molar-refractivity contribution in [1.29, 1.82) is 0 Å². The number of rotatable bonds is 7. The summed E-state index contributed by atoms with van der Waals surface area (Å²) in [4.78, 5) is 41.5. The van der Waals surface area contributed by atoms with Gasteiger partial charge in [0.2, 0.25) is 5.91 Å². The molecule has 0 radical (unpaired) electrons. The summed E-state index contributed by atoms with van der Waals surface area (Å²) in [7, 11) is 0. The van der Waals surface area contributed by atoms with Gasteiger partial charge in [0, 0.05) is 44.3 Å². The van der Waals surface area contributed by atoms with Crippen molar-refractivity contribution in [2.45, 2.75) is 45.4 Å². The van der Waals surface area contributed by atoms with Gasteiger partial charge in [-0.2, -0.15) is 0 Å². The van der Waals surface area contributed by atoms with E-state index in [2.05, 4.69) is 24.1 Å². The van der Waals surface area contributed by atoms with Crippen LogP contribution in [0.25, 0.3) is 0 Å². The van der Waals surface area contributed by atoms with Gasteiger partial charge in [-0.25, -0.2) is 4.79 Å². The lowest BCUT2D eigenvalue weighted by Gasteiger charge is -2.35. The number of piperidine rings is 1. The number of carbonyl (C=O) groups excluding carboxylic acids is 3. The van der Waals surface area contributed by atoms with Gasteiger partial charge < -0.3 is 19.7 Å². The summed E-state index contributed by atoms with van der Waals surface area (Å²) >= 11 is 0. The molecule has 0 aromatic heterocycles. The summed E-state index contributed by atoms with van der Waals surface area (Å²) in [5.74, 6) is -0.918. The smallest absolute Gasteiger partial charge is 0.338 e. The molecule has 2 aliphatic heterocycles. The van der Waals surface area contributed by atoms with Crippen LogP contribution in [0.5, 0.6) is 0 Å². The van der Waals surface area contributed by atoms with Crippen LogP contribution in [0.2, 0.25) is 0 Å². The number of nitrogens with zero attached hydrogens (tertiary/aromatic N) is 2. The highest BCUT2D eigenvalue weighted by Crippen LogP contribution is 2.20. The van der Waals surface area contributed by atoms with Crippen molar-refractivity contribution < 1.29 is 23.9 Å². The topological polar surface area (TPSA) is 88.2 Å². The molecule has 4 rings (SSSR count). The van der Waals surface area contributed by atoms with Gasteiger partial charge in [0.1, 0.15) is 0 Å². The van der Waals surface area contributed by atoms with Crippen LogP contribution in [-0.4, -0.2) is 72.6 Å². The first-order chi connectivity index (χ1) is 17.4. The molecule has 0 saturated carbocycles. The second-order valence-corrected chi connectivity index (χ2v) is 9.73. The van der Waals surface area contributed by atoms with Crippen molar-refractivity contribution in [3.63, 3.8) is 0 Å². The van der Waals surface area contributed by atoms with Crippen molar-refractivity contribution in [3.8, 4) is 0 Å². The maximum atomic E-state index is 12.6. The Labute approximate surface area is 212 Å². The number of carbonyl (C=O) groups is 3. The zero-order valence-electron chi connectivity index (χ0n) is 21.0. The molecule has 2 aromatic carbocycles. The summed E-state index contributed by atoms with van der Waals surface area (Å²) in [5, 5.41) is 2.92. The number of ether oxygens (including phenoxy) is 2. The minimum absolute atomic E-state index is 0.0270. The Morgan fingerprint density at radius 2 is 1.58 bits per heavy atom. The van der Waals surface area contributed by atoms with E-state index in [1.165, 1.54) is 0 Å². The molecule has 8 nitrogen and oxygen atoms in total. The molecular weight excluding hydrogens is 458 g/mol. The van der Waals surface area contributed by atoms with Gasteiger partial charge in [-0.15, -0.1) is 0 Å². The lowest BCUT2D eigenvalue weighted by molar-refractivity contribution is -0.137. The summed E-state index contributed by atoms with van der Waals surface area (Å²) in [5.41, 5.74) is 2.31. The fourth-order valence-corrected chi connectivity index (χ4v) is 4.88. The number of benzene rings is 2. The van der Waals surface area contributed by atoms with Crippen LogP contribution in [0, 0.1) is 5.92 Å². The number of esters is 1. The average molecular weight is 494 g/mol.